The summed E-state index contributed by atoms with van der Waals surface area (Å²) >= 11 is 4.90. The minimum absolute atomic E-state index is 0.130. The lowest BCUT2D eigenvalue weighted by Gasteiger charge is -2.09. The van der Waals surface area contributed by atoms with Crippen LogP contribution in [0.15, 0.2) is 45.6 Å². The summed E-state index contributed by atoms with van der Waals surface area (Å²) in [6, 6.07) is 11.5. The second-order valence-electron chi connectivity index (χ2n) is 4.21. The van der Waals surface area contributed by atoms with Gasteiger partial charge in [0.2, 0.25) is 10.7 Å². The summed E-state index contributed by atoms with van der Waals surface area (Å²) in [5.74, 6) is 0.936. The number of aromatic amines is 1. The summed E-state index contributed by atoms with van der Waals surface area (Å²) in [5, 5.41) is 0. The Kier molecular flexibility index (Phi) is 2.76. The number of H-pyrrole nitrogens is 1. The summed E-state index contributed by atoms with van der Waals surface area (Å²) in [5.41, 5.74) is 1.91. The number of hydrogen-bond acceptors (Lipinski definition) is 4. The molecule has 0 fully saturated rings. The van der Waals surface area contributed by atoms with E-state index in [1.165, 1.54) is 0 Å². The predicted octanol–water partition coefficient (Wildman–Crippen LogP) is 3.17. The number of hydrogen-bond donors (Lipinski definition) is 1. The van der Waals surface area contributed by atoms with Gasteiger partial charge in [-0.25, -0.2) is 0 Å². The Labute approximate surface area is 114 Å². The monoisotopic (exact) mass is 270 g/mol. The minimum Gasteiger partial charge on any atom is -0.437 e. The molecule has 5 heteroatoms. The number of nitrogens with zero attached hydrogens (tertiary/aromatic N) is 1. The van der Waals surface area contributed by atoms with Crippen LogP contribution in [0.2, 0.25) is 0 Å². The normalized spacial score (nSPS) is 10.8. The van der Waals surface area contributed by atoms with E-state index in [1.807, 2.05) is 43.3 Å². The third kappa shape index (κ3) is 2.08. The first-order chi connectivity index (χ1) is 9.15. The van der Waals surface area contributed by atoms with Gasteiger partial charge in [-0.05, 0) is 30.8 Å². The van der Waals surface area contributed by atoms with Crippen molar-refractivity contribution < 1.29 is 4.42 Å². The van der Waals surface area contributed by atoms with Gasteiger partial charge in [-0.2, -0.15) is 4.98 Å². The van der Waals surface area contributed by atoms with Crippen LogP contribution in [-0.4, -0.2) is 9.97 Å². The van der Waals surface area contributed by atoms with Crippen molar-refractivity contribution in [2.75, 3.05) is 0 Å². The predicted molar refractivity (Wildman–Crippen MR) is 74.8 cm³/mol. The Morgan fingerprint density at radius 3 is 2.74 bits per heavy atom. The van der Waals surface area contributed by atoms with Crippen LogP contribution in [0.4, 0.5) is 0 Å². The molecule has 0 bridgehead atoms. The van der Waals surface area contributed by atoms with Gasteiger partial charge in [-0.15, -0.1) is 0 Å². The topological polar surface area (TPSA) is 58.9 Å². The van der Waals surface area contributed by atoms with Gasteiger partial charge >= 0.3 is 0 Å². The molecule has 1 N–H and O–H groups in total. The van der Waals surface area contributed by atoms with E-state index in [4.69, 9.17) is 16.6 Å². The zero-order valence-corrected chi connectivity index (χ0v) is 11.0. The first kappa shape index (κ1) is 11.8. The number of aromatic nitrogens is 2. The molecular weight excluding hydrogens is 260 g/mol. The van der Waals surface area contributed by atoms with E-state index in [0.29, 0.717) is 11.3 Å². The van der Waals surface area contributed by atoms with Gasteiger partial charge in [0.05, 0.1) is 0 Å². The van der Waals surface area contributed by atoms with E-state index < -0.39 is 0 Å². The fourth-order valence-electron chi connectivity index (χ4n) is 2.00. The third-order valence-electron chi connectivity index (χ3n) is 2.87. The van der Waals surface area contributed by atoms with Crippen LogP contribution in [0.3, 0.4) is 0 Å². The van der Waals surface area contributed by atoms with Crippen LogP contribution in [-0.2, 0) is 0 Å². The van der Waals surface area contributed by atoms with E-state index >= 15 is 0 Å². The average molecular weight is 270 g/mol. The molecule has 2 heterocycles. The highest BCUT2D eigenvalue weighted by Crippen LogP contribution is 2.28. The molecule has 0 radical (unpaired) electrons. The summed E-state index contributed by atoms with van der Waals surface area (Å²) in [6.07, 6.45) is 0. The van der Waals surface area contributed by atoms with Gasteiger partial charge < -0.3 is 4.42 Å². The van der Waals surface area contributed by atoms with E-state index in [2.05, 4.69) is 9.97 Å². The van der Waals surface area contributed by atoms with Gasteiger partial charge in [-0.3, -0.25) is 9.78 Å². The largest absolute Gasteiger partial charge is 0.437 e. The number of aryl methyl sites for hydroxylation is 1. The Balaban J connectivity index is 2.34. The SMILES string of the molecule is Cc1cc(-c2ccccc2)oc2nc(=S)[nH]c(=O)c1-2. The highest BCUT2D eigenvalue weighted by molar-refractivity contribution is 7.71. The van der Waals surface area contributed by atoms with E-state index in [9.17, 15) is 4.79 Å². The van der Waals surface area contributed by atoms with Gasteiger partial charge in [0.15, 0.2) is 0 Å². The molecule has 94 valence electrons. The summed E-state index contributed by atoms with van der Waals surface area (Å²) in [4.78, 5) is 18.4. The van der Waals surface area contributed by atoms with Crippen LogP contribution >= 0.6 is 12.2 Å². The van der Waals surface area contributed by atoms with Crippen LogP contribution in [0, 0.1) is 11.7 Å². The molecule has 0 saturated carbocycles. The first-order valence-corrected chi connectivity index (χ1v) is 6.16. The van der Waals surface area contributed by atoms with Crippen LogP contribution in [0.5, 0.6) is 0 Å². The second-order valence-corrected chi connectivity index (χ2v) is 4.60. The molecule has 0 amide bonds. The lowest BCUT2D eigenvalue weighted by atomic mass is 10.1. The van der Waals surface area contributed by atoms with Gasteiger partial charge in [0, 0.05) is 5.56 Å². The van der Waals surface area contributed by atoms with Crippen LogP contribution in [0.25, 0.3) is 22.8 Å². The van der Waals surface area contributed by atoms with Crippen molar-refractivity contribution >= 4 is 12.2 Å². The van der Waals surface area contributed by atoms with Crippen molar-refractivity contribution in [3.8, 4) is 22.8 Å². The Morgan fingerprint density at radius 1 is 1.26 bits per heavy atom. The zero-order chi connectivity index (χ0) is 13.4. The van der Waals surface area contributed by atoms with Crippen LogP contribution in [0.1, 0.15) is 5.56 Å². The lowest BCUT2D eigenvalue weighted by molar-refractivity contribution is 0.557. The average Bonchev–Trinajstić information content (AvgIpc) is 2.38. The molecule has 0 aromatic heterocycles. The van der Waals surface area contributed by atoms with Crippen molar-refractivity contribution in [2.24, 2.45) is 0 Å². The summed E-state index contributed by atoms with van der Waals surface area (Å²) in [7, 11) is 0. The van der Waals surface area contributed by atoms with Crippen molar-refractivity contribution in [3.63, 3.8) is 0 Å². The quantitative estimate of drug-likeness (QED) is 0.690. The molecule has 0 spiro atoms. The van der Waals surface area contributed by atoms with E-state index in [1.54, 1.807) is 0 Å². The molecule has 2 aliphatic heterocycles. The second kappa shape index (κ2) is 4.44. The number of fused-ring (bicyclic) bond motifs is 1. The van der Waals surface area contributed by atoms with E-state index in [0.717, 1.165) is 11.1 Å². The molecule has 0 atom stereocenters. The maximum atomic E-state index is 11.8. The summed E-state index contributed by atoms with van der Waals surface area (Å²) in [6.45, 7) is 1.85. The maximum absolute atomic E-state index is 11.8. The highest BCUT2D eigenvalue weighted by atomic mass is 32.1. The molecule has 1 aromatic carbocycles. The fraction of sp³-hybridized carbons (Fsp3) is 0.0714. The Morgan fingerprint density at radius 2 is 2.00 bits per heavy atom. The molecule has 0 unspecified atom stereocenters. The fourth-order valence-corrected chi connectivity index (χ4v) is 2.18. The maximum Gasteiger partial charge on any atom is 0.263 e. The molecule has 2 aliphatic rings. The number of benzene rings is 1. The molecule has 19 heavy (non-hydrogen) atoms. The highest BCUT2D eigenvalue weighted by Gasteiger charge is 2.16. The molecule has 4 nitrogen and oxygen atoms in total. The first-order valence-electron chi connectivity index (χ1n) is 5.75. The molecule has 1 aromatic rings. The van der Waals surface area contributed by atoms with Crippen molar-refractivity contribution in [1.29, 1.82) is 0 Å². The third-order valence-corrected chi connectivity index (χ3v) is 3.06. The van der Waals surface area contributed by atoms with Crippen molar-refractivity contribution in [1.82, 2.24) is 9.97 Å². The molecule has 0 saturated heterocycles. The zero-order valence-electron chi connectivity index (χ0n) is 10.1. The van der Waals surface area contributed by atoms with Gasteiger partial charge in [0.1, 0.15) is 11.3 Å². The summed E-state index contributed by atoms with van der Waals surface area (Å²) < 4.78 is 5.82. The molecule has 0 aliphatic carbocycles. The smallest absolute Gasteiger partial charge is 0.263 e. The number of nitrogens with one attached hydrogen (secondary N) is 1. The van der Waals surface area contributed by atoms with Crippen LogP contribution < -0.4 is 5.56 Å². The minimum atomic E-state index is -0.268. The van der Waals surface area contributed by atoms with Gasteiger partial charge in [-0.1, -0.05) is 30.3 Å². The Bertz CT molecular complexity index is 821. The van der Waals surface area contributed by atoms with Crippen molar-refractivity contribution in [3.05, 3.63) is 57.1 Å². The van der Waals surface area contributed by atoms with Crippen molar-refractivity contribution in [2.45, 2.75) is 6.92 Å². The standard InChI is InChI=1S/C14H10N2O2S/c1-8-7-10(9-5-3-2-4-6-9)18-13-11(8)12(17)15-14(19)16-13/h2-7H,1H3,(H,15,17,19). The molecular formula is C14H10N2O2S. The Hall–Kier alpha value is -2.27. The lowest BCUT2D eigenvalue weighted by Crippen LogP contribution is -2.13. The van der Waals surface area contributed by atoms with Gasteiger partial charge in [0.25, 0.3) is 5.56 Å². The van der Waals surface area contributed by atoms with E-state index in [-0.39, 0.29) is 16.2 Å². The number of rotatable bonds is 1. The molecule has 3 rings (SSSR count).